The molecule has 1 unspecified atom stereocenters. The van der Waals surface area contributed by atoms with Crippen molar-refractivity contribution in [2.75, 3.05) is 73.3 Å². The fourth-order valence-electron chi connectivity index (χ4n) is 8.97. The molecule has 0 aliphatic carbocycles. The molecule has 4 aromatic carbocycles. The standard InChI is InChI=1S/C46H50F2N10O4/c1-56-43-35(42(55-56)36-9-11-41(59)51-46(36)61)4-2-5-39(43)49-14-3-15-57-16-18-58(19-17-57)33-7-8-34(40(27-33)50-32-12-20-62-21-13-32)45(60)52-44-37-25-28(6-10-38(37)53-54-44)22-29-23-30(47)26-31(48)24-29/h2,4-8,10,23-27,32,36,49-50H,3,9,11-22H2,1H3,(H,51,59,61)(H2,52,53,54,60). The van der Waals surface area contributed by atoms with E-state index in [1.807, 2.05) is 60.3 Å². The van der Waals surface area contributed by atoms with E-state index in [4.69, 9.17) is 9.84 Å². The van der Waals surface area contributed by atoms with Gasteiger partial charge in [0.1, 0.15) is 11.6 Å². The van der Waals surface area contributed by atoms with Crippen molar-refractivity contribution in [2.45, 2.75) is 50.5 Å². The van der Waals surface area contributed by atoms with Crippen molar-refractivity contribution in [3.8, 4) is 0 Å². The fourth-order valence-corrected chi connectivity index (χ4v) is 8.97. The maximum Gasteiger partial charge on any atom is 0.258 e. The molecule has 0 radical (unpaired) electrons. The highest BCUT2D eigenvalue weighted by Crippen LogP contribution is 2.34. The van der Waals surface area contributed by atoms with E-state index in [1.165, 1.54) is 12.1 Å². The molecule has 3 aliphatic heterocycles. The molecule has 0 bridgehead atoms. The van der Waals surface area contributed by atoms with E-state index in [-0.39, 0.29) is 23.8 Å². The number of piperazine rings is 1. The van der Waals surface area contributed by atoms with Crippen LogP contribution in [0.4, 0.5) is 31.7 Å². The van der Waals surface area contributed by atoms with Gasteiger partial charge in [0, 0.05) is 93.7 Å². The number of aromatic nitrogens is 4. The molecular weight excluding hydrogens is 795 g/mol. The van der Waals surface area contributed by atoms with Gasteiger partial charge in [-0.05, 0) is 98.3 Å². The van der Waals surface area contributed by atoms with Gasteiger partial charge >= 0.3 is 0 Å². The quantitative estimate of drug-likeness (QED) is 0.0659. The summed E-state index contributed by atoms with van der Waals surface area (Å²) in [6, 6.07) is 21.2. The topological polar surface area (TPSA) is 162 Å². The van der Waals surface area contributed by atoms with Gasteiger partial charge in [0.25, 0.3) is 5.91 Å². The normalized spacial score (nSPS) is 17.7. The van der Waals surface area contributed by atoms with Crippen LogP contribution in [0.15, 0.2) is 72.8 Å². The summed E-state index contributed by atoms with van der Waals surface area (Å²) >= 11 is 0. The Balaban J connectivity index is 0.827. The van der Waals surface area contributed by atoms with Crippen LogP contribution in [0.25, 0.3) is 21.8 Å². The number of hydrogen-bond acceptors (Lipinski definition) is 10. The number of benzene rings is 4. The van der Waals surface area contributed by atoms with Crippen LogP contribution in [-0.4, -0.2) is 101 Å². The van der Waals surface area contributed by atoms with Crippen molar-refractivity contribution >= 4 is 62.4 Å². The number of carbonyl (C=O) groups is 3. The number of nitrogens with zero attached hydrogens (tertiary/aromatic N) is 5. The highest BCUT2D eigenvalue weighted by Gasteiger charge is 2.32. The Morgan fingerprint density at radius 3 is 2.48 bits per heavy atom. The highest BCUT2D eigenvalue weighted by molar-refractivity contribution is 6.11. The summed E-state index contributed by atoms with van der Waals surface area (Å²) in [7, 11) is 1.89. The molecule has 322 valence electrons. The number of aryl methyl sites for hydroxylation is 1. The number of piperidine rings is 1. The van der Waals surface area contributed by atoms with Crippen molar-refractivity contribution < 1.29 is 27.9 Å². The molecule has 1 atom stereocenters. The van der Waals surface area contributed by atoms with Crippen LogP contribution in [0.1, 0.15) is 65.2 Å². The van der Waals surface area contributed by atoms with Crippen molar-refractivity contribution in [3.05, 3.63) is 107 Å². The first-order valence-corrected chi connectivity index (χ1v) is 21.4. The predicted octanol–water partition coefficient (Wildman–Crippen LogP) is 6.31. The average Bonchev–Trinajstić information content (AvgIpc) is 3.82. The molecule has 0 saturated carbocycles. The minimum atomic E-state index is -0.626. The van der Waals surface area contributed by atoms with Gasteiger partial charge in [0.05, 0.1) is 33.9 Å². The fraction of sp³-hybridized carbons (Fsp3) is 0.370. The Labute approximate surface area is 357 Å². The third kappa shape index (κ3) is 8.97. The van der Waals surface area contributed by atoms with Gasteiger partial charge in [-0.1, -0.05) is 18.2 Å². The zero-order chi connectivity index (χ0) is 42.7. The van der Waals surface area contributed by atoms with Crippen molar-refractivity contribution in [1.29, 1.82) is 0 Å². The van der Waals surface area contributed by atoms with E-state index in [9.17, 15) is 23.2 Å². The van der Waals surface area contributed by atoms with Crippen LogP contribution in [0.3, 0.4) is 0 Å². The van der Waals surface area contributed by atoms with Gasteiger partial charge in [-0.25, -0.2) is 8.78 Å². The Bertz CT molecular complexity index is 2610. The maximum atomic E-state index is 14.0. The summed E-state index contributed by atoms with van der Waals surface area (Å²) < 4.78 is 35.2. The van der Waals surface area contributed by atoms with Gasteiger partial charge in [-0.3, -0.25) is 34.4 Å². The molecule has 62 heavy (non-hydrogen) atoms. The lowest BCUT2D eigenvalue weighted by molar-refractivity contribution is -0.134. The summed E-state index contributed by atoms with van der Waals surface area (Å²) in [4.78, 5) is 43.2. The lowest BCUT2D eigenvalue weighted by Gasteiger charge is -2.36. The average molecular weight is 845 g/mol. The van der Waals surface area contributed by atoms with Gasteiger partial charge in [-0.15, -0.1) is 0 Å². The molecule has 16 heteroatoms. The number of amides is 3. The summed E-state index contributed by atoms with van der Waals surface area (Å²) in [5.74, 6) is -2.15. The number of imide groups is 1. The summed E-state index contributed by atoms with van der Waals surface area (Å²) in [6.45, 7) is 6.52. The molecule has 3 saturated heterocycles. The van der Waals surface area contributed by atoms with E-state index >= 15 is 0 Å². The van der Waals surface area contributed by atoms with Gasteiger partial charge in [0.15, 0.2) is 5.82 Å². The van der Waals surface area contributed by atoms with Crippen LogP contribution >= 0.6 is 0 Å². The number of para-hydroxylation sites is 1. The van der Waals surface area contributed by atoms with E-state index in [2.05, 4.69) is 47.3 Å². The third-order valence-electron chi connectivity index (χ3n) is 12.2. The Morgan fingerprint density at radius 2 is 1.69 bits per heavy atom. The second-order valence-electron chi connectivity index (χ2n) is 16.4. The Morgan fingerprint density at radius 1 is 0.887 bits per heavy atom. The molecule has 9 rings (SSSR count). The SMILES string of the molecule is Cn1nc(C2CCC(=O)NC2=O)c2cccc(NCCCN3CCN(c4ccc(C(=O)Nc5n[nH]c6ccc(Cc7cc(F)cc(F)c7)cc56)c(NC5CCOCC5)c4)CC3)c21. The largest absolute Gasteiger partial charge is 0.383 e. The molecule has 5 N–H and O–H groups in total. The first-order chi connectivity index (χ1) is 30.1. The van der Waals surface area contributed by atoms with Gasteiger partial charge < -0.3 is 25.6 Å². The minimum Gasteiger partial charge on any atom is -0.383 e. The molecule has 3 amide bonds. The molecule has 3 aliphatic rings. The molecule has 5 heterocycles. The van der Waals surface area contributed by atoms with E-state index in [1.54, 1.807) is 0 Å². The lowest BCUT2D eigenvalue weighted by Crippen LogP contribution is -2.46. The molecule has 3 fully saturated rings. The second kappa shape index (κ2) is 17.9. The van der Waals surface area contributed by atoms with Gasteiger partial charge in [-0.2, -0.15) is 10.2 Å². The van der Waals surface area contributed by atoms with Crippen molar-refractivity contribution in [3.63, 3.8) is 0 Å². The Hall–Kier alpha value is -6.39. The van der Waals surface area contributed by atoms with Crippen LogP contribution < -0.4 is 26.2 Å². The molecule has 6 aromatic rings. The number of H-pyrrole nitrogens is 1. The second-order valence-corrected chi connectivity index (χ2v) is 16.4. The molecule has 0 spiro atoms. The predicted molar refractivity (Wildman–Crippen MR) is 235 cm³/mol. The summed E-state index contributed by atoms with van der Waals surface area (Å²) in [5.41, 5.74) is 6.97. The van der Waals surface area contributed by atoms with Crippen LogP contribution in [-0.2, 0) is 27.8 Å². The van der Waals surface area contributed by atoms with Crippen molar-refractivity contribution in [2.24, 2.45) is 7.05 Å². The van der Waals surface area contributed by atoms with E-state index in [0.29, 0.717) is 60.5 Å². The molecule has 2 aromatic heterocycles. The van der Waals surface area contributed by atoms with Crippen LogP contribution in [0, 0.1) is 11.6 Å². The Kier molecular flexibility index (Phi) is 11.8. The zero-order valence-corrected chi connectivity index (χ0v) is 34.6. The van der Waals surface area contributed by atoms with E-state index < -0.39 is 17.6 Å². The number of halogens is 2. The number of rotatable bonds is 13. The number of ether oxygens (including phenoxy) is 1. The summed E-state index contributed by atoms with van der Waals surface area (Å²) in [6.07, 6.45) is 3.69. The zero-order valence-electron chi connectivity index (χ0n) is 34.6. The van der Waals surface area contributed by atoms with E-state index in [0.717, 1.165) is 104 Å². The minimum absolute atomic E-state index is 0.162. The van der Waals surface area contributed by atoms with Crippen LogP contribution in [0.5, 0.6) is 0 Å². The van der Waals surface area contributed by atoms with Gasteiger partial charge in [0.2, 0.25) is 11.8 Å². The number of fused-ring (bicyclic) bond motifs is 2. The number of aromatic amines is 1. The first kappa shape index (κ1) is 41.0. The summed E-state index contributed by atoms with van der Waals surface area (Å²) in [5, 5.41) is 26.4. The monoisotopic (exact) mass is 844 g/mol. The lowest BCUT2D eigenvalue weighted by atomic mass is 9.92. The number of hydrogen-bond donors (Lipinski definition) is 5. The van der Waals surface area contributed by atoms with Crippen LogP contribution in [0.2, 0.25) is 0 Å². The van der Waals surface area contributed by atoms with Crippen molar-refractivity contribution in [1.82, 2.24) is 30.2 Å². The smallest absolute Gasteiger partial charge is 0.258 e. The number of carbonyl (C=O) groups excluding carboxylic acids is 3. The third-order valence-corrected chi connectivity index (χ3v) is 12.2. The molecular formula is C46H50F2N10O4. The highest BCUT2D eigenvalue weighted by atomic mass is 19.1. The maximum absolute atomic E-state index is 14.0. The molecule has 14 nitrogen and oxygen atoms in total. The number of nitrogens with one attached hydrogen (secondary N) is 5. The first-order valence-electron chi connectivity index (χ1n) is 21.4. The number of anilines is 4.